The van der Waals surface area contributed by atoms with Gasteiger partial charge in [-0.3, -0.25) is 0 Å². The Labute approximate surface area is 189 Å². The van der Waals surface area contributed by atoms with Gasteiger partial charge in [-0.25, -0.2) is 14.4 Å². The molecular formula is C21H29Cl2FN4O2. The van der Waals surface area contributed by atoms with Crippen LogP contribution in [0.25, 0.3) is 0 Å². The third kappa shape index (κ3) is 5.72. The molecule has 4 rings (SSSR count). The minimum Gasteiger partial charge on any atom is -0.487 e. The number of nitrogens with zero attached hydrogens (tertiary/aromatic N) is 3. The Balaban J connectivity index is 0.00000160. The van der Waals surface area contributed by atoms with Crippen molar-refractivity contribution in [1.82, 2.24) is 9.97 Å². The summed E-state index contributed by atoms with van der Waals surface area (Å²) in [6.07, 6.45) is 3.60. The monoisotopic (exact) mass is 458 g/mol. The lowest BCUT2D eigenvalue weighted by atomic mass is 9.78. The second-order valence-electron chi connectivity index (χ2n) is 7.66. The van der Waals surface area contributed by atoms with Gasteiger partial charge in [-0.1, -0.05) is 12.1 Å². The lowest BCUT2D eigenvalue weighted by Gasteiger charge is -2.35. The van der Waals surface area contributed by atoms with E-state index in [2.05, 4.69) is 20.9 Å². The van der Waals surface area contributed by atoms with Gasteiger partial charge < -0.3 is 20.1 Å². The number of hydrogen-bond donors (Lipinski definition) is 1. The van der Waals surface area contributed by atoms with Crippen molar-refractivity contribution in [2.24, 2.45) is 5.73 Å². The highest BCUT2D eigenvalue weighted by atomic mass is 35.5. The zero-order valence-electron chi connectivity index (χ0n) is 17.0. The van der Waals surface area contributed by atoms with E-state index in [-0.39, 0.29) is 42.8 Å². The third-order valence-electron chi connectivity index (χ3n) is 5.54. The van der Waals surface area contributed by atoms with Crippen LogP contribution in [0.2, 0.25) is 0 Å². The minimum atomic E-state index is -0.312. The van der Waals surface area contributed by atoms with Gasteiger partial charge in [0, 0.05) is 56.8 Å². The molecule has 2 N–H and O–H groups in total. The fourth-order valence-corrected chi connectivity index (χ4v) is 3.89. The lowest BCUT2D eigenvalue weighted by molar-refractivity contribution is 0.163. The molecule has 2 fully saturated rings. The molecule has 2 heterocycles. The number of hydrogen-bond acceptors (Lipinski definition) is 6. The molecule has 2 aliphatic rings. The molecule has 166 valence electrons. The van der Waals surface area contributed by atoms with Crippen molar-refractivity contribution in [3.8, 4) is 5.75 Å². The minimum absolute atomic E-state index is 0. The van der Waals surface area contributed by atoms with Crippen molar-refractivity contribution in [2.45, 2.75) is 50.4 Å². The average Bonchev–Trinajstić information content (AvgIpc) is 2.68. The first-order valence-corrected chi connectivity index (χ1v) is 9.91. The van der Waals surface area contributed by atoms with Gasteiger partial charge in [-0.15, -0.1) is 24.8 Å². The van der Waals surface area contributed by atoms with Crippen molar-refractivity contribution in [3.63, 3.8) is 0 Å². The molecule has 2 aromatic rings. The summed E-state index contributed by atoms with van der Waals surface area (Å²) >= 11 is 0. The standard InChI is InChI=1S/C21H27FN4O2.2ClH/c1-27-13-20-24-18(14-10-15(23)11-14)12-21(25-20)26-8-6-16(7-9-26)28-19-5-3-2-4-17(19)22;;/h2-5,12,14-16H,6-11,13,23H2,1H3;2*1H. The number of piperidine rings is 1. The van der Waals surface area contributed by atoms with Crippen LogP contribution in [0.3, 0.4) is 0 Å². The van der Waals surface area contributed by atoms with Crippen LogP contribution in [0.5, 0.6) is 5.75 Å². The van der Waals surface area contributed by atoms with Gasteiger partial charge in [0.1, 0.15) is 18.5 Å². The van der Waals surface area contributed by atoms with E-state index in [0.29, 0.717) is 24.1 Å². The number of aromatic nitrogens is 2. The summed E-state index contributed by atoms with van der Waals surface area (Å²) in [5.74, 6) is 2.07. The molecule has 0 atom stereocenters. The molecule has 9 heteroatoms. The normalized spacial score (nSPS) is 21.2. The maximum absolute atomic E-state index is 13.8. The SMILES string of the molecule is COCc1nc(C2CC(N)C2)cc(N2CCC(Oc3ccccc3F)CC2)n1.Cl.Cl. The molecule has 0 unspecified atom stereocenters. The summed E-state index contributed by atoms with van der Waals surface area (Å²) in [4.78, 5) is 11.6. The van der Waals surface area contributed by atoms with E-state index in [1.54, 1.807) is 25.3 Å². The molecule has 1 aliphatic carbocycles. The Morgan fingerprint density at radius 3 is 2.47 bits per heavy atom. The van der Waals surface area contributed by atoms with Crippen molar-refractivity contribution < 1.29 is 13.9 Å². The summed E-state index contributed by atoms with van der Waals surface area (Å²) in [5, 5.41) is 0. The van der Waals surface area contributed by atoms with Gasteiger partial charge in [0.25, 0.3) is 0 Å². The van der Waals surface area contributed by atoms with Crippen molar-refractivity contribution in [3.05, 3.63) is 47.7 Å². The molecule has 1 saturated carbocycles. The number of ether oxygens (including phenoxy) is 2. The molecule has 30 heavy (non-hydrogen) atoms. The van der Waals surface area contributed by atoms with Crippen molar-refractivity contribution >= 4 is 30.6 Å². The Hall–Kier alpha value is -1.67. The van der Waals surface area contributed by atoms with Crippen LogP contribution < -0.4 is 15.4 Å². The number of anilines is 1. The van der Waals surface area contributed by atoms with Gasteiger partial charge in [0.05, 0.1) is 0 Å². The zero-order chi connectivity index (χ0) is 19.5. The van der Waals surface area contributed by atoms with Gasteiger partial charge >= 0.3 is 0 Å². The molecule has 6 nitrogen and oxygen atoms in total. The maximum atomic E-state index is 13.8. The van der Waals surface area contributed by atoms with Crippen LogP contribution >= 0.6 is 24.8 Å². The predicted octanol–water partition coefficient (Wildman–Crippen LogP) is 3.86. The lowest BCUT2D eigenvalue weighted by Crippen LogP contribution is -2.39. The number of methoxy groups -OCH3 is 1. The van der Waals surface area contributed by atoms with Crippen molar-refractivity contribution in [2.75, 3.05) is 25.1 Å². The number of halogens is 3. The molecule has 0 radical (unpaired) electrons. The topological polar surface area (TPSA) is 73.5 Å². The van der Waals surface area contributed by atoms with E-state index in [0.717, 1.165) is 50.3 Å². The number of para-hydroxylation sites is 1. The Bertz CT molecular complexity index is 815. The molecule has 1 aromatic heterocycles. The summed E-state index contributed by atoms with van der Waals surface area (Å²) in [7, 11) is 1.65. The molecule has 1 aliphatic heterocycles. The van der Waals surface area contributed by atoms with E-state index in [1.165, 1.54) is 6.07 Å². The fraction of sp³-hybridized carbons (Fsp3) is 0.524. The quantitative estimate of drug-likeness (QED) is 0.708. The highest BCUT2D eigenvalue weighted by Crippen LogP contribution is 2.36. The van der Waals surface area contributed by atoms with E-state index in [4.69, 9.17) is 15.2 Å². The first kappa shape index (κ1) is 24.6. The second-order valence-corrected chi connectivity index (χ2v) is 7.66. The van der Waals surface area contributed by atoms with Gasteiger partial charge in [0.15, 0.2) is 17.4 Å². The van der Waals surface area contributed by atoms with E-state index in [9.17, 15) is 4.39 Å². The summed E-state index contributed by atoms with van der Waals surface area (Å²) in [6.45, 7) is 2.02. The Kier molecular flexibility index (Phi) is 9.09. The molecule has 0 spiro atoms. The van der Waals surface area contributed by atoms with Crippen LogP contribution in [0.4, 0.5) is 10.2 Å². The Morgan fingerprint density at radius 2 is 1.83 bits per heavy atom. The van der Waals surface area contributed by atoms with Gasteiger partial charge in [-0.05, 0) is 25.0 Å². The van der Waals surface area contributed by atoms with Crippen LogP contribution in [-0.4, -0.2) is 42.3 Å². The predicted molar refractivity (Wildman–Crippen MR) is 119 cm³/mol. The van der Waals surface area contributed by atoms with Crippen LogP contribution in [0.1, 0.15) is 43.1 Å². The highest BCUT2D eigenvalue weighted by molar-refractivity contribution is 5.85. The summed E-state index contributed by atoms with van der Waals surface area (Å²) in [6, 6.07) is 8.94. The van der Waals surface area contributed by atoms with E-state index < -0.39 is 0 Å². The molecule has 0 amide bonds. The largest absolute Gasteiger partial charge is 0.487 e. The number of nitrogens with two attached hydrogens (primary N) is 1. The van der Waals surface area contributed by atoms with Crippen LogP contribution in [0, 0.1) is 5.82 Å². The number of benzene rings is 1. The van der Waals surface area contributed by atoms with E-state index >= 15 is 0 Å². The van der Waals surface area contributed by atoms with E-state index in [1.807, 2.05) is 0 Å². The highest BCUT2D eigenvalue weighted by Gasteiger charge is 2.30. The summed E-state index contributed by atoms with van der Waals surface area (Å²) in [5.41, 5.74) is 7.01. The smallest absolute Gasteiger partial charge is 0.165 e. The Morgan fingerprint density at radius 1 is 1.13 bits per heavy atom. The second kappa shape index (κ2) is 11.1. The van der Waals surface area contributed by atoms with Gasteiger partial charge in [-0.2, -0.15) is 0 Å². The first-order valence-electron chi connectivity index (χ1n) is 9.91. The van der Waals surface area contributed by atoms with Crippen LogP contribution in [-0.2, 0) is 11.3 Å². The van der Waals surface area contributed by atoms with Gasteiger partial charge in [0.2, 0.25) is 0 Å². The third-order valence-corrected chi connectivity index (χ3v) is 5.54. The molecular weight excluding hydrogens is 430 g/mol. The maximum Gasteiger partial charge on any atom is 0.165 e. The molecule has 0 bridgehead atoms. The summed E-state index contributed by atoms with van der Waals surface area (Å²) < 4.78 is 24.9. The van der Waals surface area contributed by atoms with Crippen molar-refractivity contribution in [1.29, 1.82) is 0 Å². The zero-order valence-corrected chi connectivity index (χ0v) is 18.6. The fourth-order valence-electron chi connectivity index (χ4n) is 3.89. The average molecular weight is 459 g/mol. The first-order chi connectivity index (χ1) is 13.6. The molecule has 1 saturated heterocycles. The van der Waals surface area contributed by atoms with Crippen LogP contribution in [0.15, 0.2) is 30.3 Å². The molecule has 1 aromatic carbocycles. The number of rotatable bonds is 6.